The van der Waals surface area contributed by atoms with Crippen molar-refractivity contribution in [2.75, 3.05) is 5.75 Å². The Balaban J connectivity index is 2.28. The summed E-state index contributed by atoms with van der Waals surface area (Å²) >= 11 is 1.36. The van der Waals surface area contributed by atoms with E-state index in [1.54, 1.807) is 0 Å². The van der Waals surface area contributed by atoms with E-state index >= 15 is 0 Å². The number of rotatable bonds is 5. The fourth-order valence-electron chi connectivity index (χ4n) is 0.843. The van der Waals surface area contributed by atoms with Crippen molar-refractivity contribution in [3.05, 3.63) is 11.5 Å². The summed E-state index contributed by atoms with van der Waals surface area (Å²) < 4.78 is 5.32. The number of carbonyl (C=O) groups is 1. The van der Waals surface area contributed by atoms with Gasteiger partial charge in [-0.15, -0.1) is 0 Å². The van der Waals surface area contributed by atoms with Gasteiger partial charge in [0, 0.05) is 5.75 Å². The van der Waals surface area contributed by atoms with Crippen molar-refractivity contribution in [2.45, 2.75) is 25.5 Å². The first kappa shape index (κ1) is 12.0. The molecule has 84 valence electrons. The van der Waals surface area contributed by atoms with E-state index in [0.29, 0.717) is 11.0 Å². The lowest BCUT2D eigenvalue weighted by Gasteiger charge is -1.98. The van der Waals surface area contributed by atoms with Crippen LogP contribution in [0, 0.1) is 13.8 Å². The van der Waals surface area contributed by atoms with Gasteiger partial charge in [0.15, 0.2) is 0 Å². The largest absolute Gasteiger partial charge is 0.437 e. The van der Waals surface area contributed by atoms with E-state index in [2.05, 4.69) is 9.82 Å². The van der Waals surface area contributed by atoms with Crippen molar-refractivity contribution >= 4 is 17.7 Å². The van der Waals surface area contributed by atoms with Crippen LogP contribution in [0.1, 0.15) is 17.9 Å². The molecule has 0 aromatic carbocycles. The molecular weight excluding hydrogens is 218 g/mol. The Morgan fingerprint density at radius 3 is 2.93 bits per heavy atom. The summed E-state index contributed by atoms with van der Waals surface area (Å²) in [6.07, 6.45) is 0.245. The number of oxazole rings is 1. The topological polar surface area (TPSA) is 90.4 Å². The molecule has 15 heavy (non-hydrogen) atoms. The summed E-state index contributed by atoms with van der Waals surface area (Å²) in [5.41, 5.74) is 2.70. The summed E-state index contributed by atoms with van der Waals surface area (Å²) in [4.78, 5) is 19.4. The summed E-state index contributed by atoms with van der Waals surface area (Å²) in [5.74, 6) is 5.73. The minimum atomic E-state index is -0.412. The zero-order valence-electron chi connectivity index (χ0n) is 8.57. The summed E-state index contributed by atoms with van der Waals surface area (Å²) in [5, 5.41) is 0.568. The van der Waals surface area contributed by atoms with Crippen LogP contribution >= 0.6 is 11.8 Å². The molecule has 0 saturated heterocycles. The molecular formula is C8H13N3O3S. The Morgan fingerprint density at radius 1 is 1.67 bits per heavy atom. The molecule has 0 spiro atoms. The van der Waals surface area contributed by atoms with Crippen LogP contribution in [0.3, 0.4) is 0 Å². The molecule has 7 heteroatoms. The Labute approximate surface area is 91.5 Å². The standard InChI is InChI=1S/C8H13N3O3S/c1-5-6(2)13-8(10-5)15-4-3-7(12)14-11-9/h11H,3-4,9H2,1-2H3. The molecule has 0 atom stereocenters. The van der Waals surface area contributed by atoms with E-state index in [0.717, 1.165) is 11.5 Å². The number of nitrogens with zero attached hydrogens (tertiary/aromatic N) is 1. The van der Waals surface area contributed by atoms with E-state index in [1.165, 1.54) is 11.8 Å². The number of hydrazine groups is 1. The van der Waals surface area contributed by atoms with E-state index in [9.17, 15) is 4.79 Å². The van der Waals surface area contributed by atoms with Crippen molar-refractivity contribution < 1.29 is 14.0 Å². The molecule has 0 unspecified atom stereocenters. The number of aryl methyl sites for hydroxylation is 2. The van der Waals surface area contributed by atoms with Gasteiger partial charge in [-0.1, -0.05) is 17.4 Å². The lowest BCUT2D eigenvalue weighted by atomic mass is 10.4. The molecule has 1 heterocycles. The van der Waals surface area contributed by atoms with Crippen LogP contribution in [0.25, 0.3) is 0 Å². The molecule has 0 aliphatic rings. The molecule has 0 bridgehead atoms. The molecule has 0 amide bonds. The maximum atomic E-state index is 10.9. The van der Waals surface area contributed by atoms with Crippen LogP contribution in [0.5, 0.6) is 0 Å². The van der Waals surface area contributed by atoms with E-state index in [-0.39, 0.29) is 6.42 Å². The SMILES string of the molecule is Cc1nc(SCCC(=O)ONN)oc1C. The average molecular weight is 231 g/mol. The highest BCUT2D eigenvalue weighted by Gasteiger charge is 2.08. The molecule has 0 fully saturated rings. The first-order chi connectivity index (χ1) is 7.13. The second kappa shape index (κ2) is 5.74. The second-order valence-corrected chi connectivity index (χ2v) is 3.86. The molecule has 0 radical (unpaired) electrons. The molecule has 3 N–H and O–H groups in total. The van der Waals surface area contributed by atoms with Crippen LogP contribution in [-0.2, 0) is 9.63 Å². The third-order valence-corrected chi connectivity index (χ3v) is 2.54. The van der Waals surface area contributed by atoms with Gasteiger partial charge in [0.1, 0.15) is 5.76 Å². The molecule has 0 aliphatic carbocycles. The van der Waals surface area contributed by atoms with E-state index in [1.807, 2.05) is 19.4 Å². The van der Waals surface area contributed by atoms with Crippen molar-refractivity contribution in [3.8, 4) is 0 Å². The number of hydrogen-bond donors (Lipinski definition) is 2. The molecule has 6 nitrogen and oxygen atoms in total. The van der Waals surface area contributed by atoms with Crippen LogP contribution < -0.4 is 11.4 Å². The van der Waals surface area contributed by atoms with E-state index < -0.39 is 5.97 Å². The van der Waals surface area contributed by atoms with E-state index in [4.69, 9.17) is 10.3 Å². The summed E-state index contributed by atoms with van der Waals surface area (Å²) in [6.45, 7) is 3.72. The van der Waals surface area contributed by atoms with Crippen molar-refractivity contribution in [1.29, 1.82) is 0 Å². The number of carbonyl (C=O) groups excluding carboxylic acids is 1. The fraction of sp³-hybridized carbons (Fsp3) is 0.500. The Morgan fingerprint density at radius 2 is 2.40 bits per heavy atom. The quantitative estimate of drug-likeness (QED) is 0.438. The van der Waals surface area contributed by atoms with Crippen LogP contribution in [-0.4, -0.2) is 16.7 Å². The number of nitrogens with one attached hydrogen (secondary N) is 1. The van der Waals surface area contributed by atoms with Crippen LogP contribution in [0.4, 0.5) is 0 Å². The highest BCUT2D eigenvalue weighted by atomic mass is 32.2. The van der Waals surface area contributed by atoms with Gasteiger partial charge in [-0.2, -0.15) is 0 Å². The molecule has 1 aromatic heterocycles. The molecule has 1 rings (SSSR count). The predicted molar refractivity (Wildman–Crippen MR) is 54.7 cm³/mol. The highest BCUT2D eigenvalue weighted by Crippen LogP contribution is 2.20. The zero-order chi connectivity index (χ0) is 11.3. The van der Waals surface area contributed by atoms with Gasteiger partial charge in [-0.05, 0) is 13.8 Å². The summed E-state index contributed by atoms with van der Waals surface area (Å²) in [7, 11) is 0. The van der Waals surface area contributed by atoms with Crippen molar-refractivity contribution in [1.82, 2.24) is 10.6 Å². The Hall–Kier alpha value is -1.05. The molecule has 0 saturated carbocycles. The van der Waals surface area contributed by atoms with Gasteiger partial charge in [0.2, 0.25) is 0 Å². The normalized spacial score (nSPS) is 10.3. The van der Waals surface area contributed by atoms with Crippen molar-refractivity contribution in [3.63, 3.8) is 0 Å². The lowest BCUT2D eigenvalue weighted by Crippen LogP contribution is -2.26. The fourth-order valence-corrected chi connectivity index (χ4v) is 1.67. The van der Waals surface area contributed by atoms with Gasteiger partial charge in [0.25, 0.3) is 5.22 Å². The molecule has 0 aliphatic heterocycles. The Kier molecular flexibility index (Phi) is 4.60. The predicted octanol–water partition coefficient (Wildman–Crippen LogP) is 0.695. The maximum absolute atomic E-state index is 10.9. The second-order valence-electron chi connectivity index (χ2n) is 2.81. The highest BCUT2D eigenvalue weighted by molar-refractivity contribution is 7.99. The zero-order valence-corrected chi connectivity index (χ0v) is 9.39. The van der Waals surface area contributed by atoms with Gasteiger partial charge in [0.05, 0.1) is 12.1 Å². The van der Waals surface area contributed by atoms with Gasteiger partial charge in [-0.25, -0.2) is 10.8 Å². The maximum Gasteiger partial charge on any atom is 0.327 e. The van der Waals surface area contributed by atoms with Gasteiger partial charge in [-0.3, -0.25) is 4.79 Å². The van der Waals surface area contributed by atoms with Gasteiger partial charge < -0.3 is 9.25 Å². The molecule has 1 aromatic rings. The number of nitrogens with two attached hydrogens (primary N) is 1. The monoisotopic (exact) mass is 231 g/mol. The number of hydrogen-bond acceptors (Lipinski definition) is 7. The smallest absolute Gasteiger partial charge is 0.327 e. The van der Waals surface area contributed by atoms with Crippen LogP contribution in [0.15, 0.2) is 9.64 Å². The third kappa shape index (κ3) is 3.90. The number of thioether (sulfide) groups is 1. The lowest BCUT2D eigenvalue weighted by molar-refractivity contribution is -0.150. The van der Waals surface area contributed by atoms with Crippen LogP contribution in [0.2, 0.25) is 0 Å². The third-order valence-electron chi connectivity index (χ3n) is 1.71. The first-order valence-electron chi connectivity index (χ1n) is 4.35. The first-order valence-corrected chi connectivity index (χ1v) is 5.34. The van der Waals surface area contributed by atoms with Gasteiger partial charge >= 0.3 is 5.97 Å². The number of aromatic nitrogens is 1. The van der Waals surface area contributed by atoms with Crippen molar-refractivity contribution in [2.24, 2.45) is 5.84 Å². The average Bonchev–Trinajstić information content (AvgIpc) is 2.46. The minimum Gasteiger partial charge on any atom is -0.437 e. The summed E-state index contributed by atoms with van der Waals surface area (Å²) in [6, 6.07) is 0. The Bertz CT molecular complexity index is 320. The minimum absolute atomic E-state index is 0.245.